The highest BCUT2D eigenvalue weighted by molar-refractivity contribution is 5.95. The second-order valence-corrected chi connectivity index (χ2v) is 9.43. The van der Waals surface area contributed by atoms with Gasteiger partial charge in [-0.15, -0.1) is 0 Å². The van der Waals surface area contributed by atoms with Crippen molar-refractivity contribution in [2.75, 3.05) is 26.2 Å². The standard InChI is InChI=1S/C27H30N6O2/c1-3-31(4-2)20-12-14-32(17-20)26(34)21-16-29-33(25(21)18-9-10-18)27-28-13-11-22(30-27)24-15-19-7-5-6-8-23(19)35-24/h5-8,11,13,15-16,18,20H,3-4,9-10,12,14,17H2,1-2H3/t20-/m1/s1. The minimum atomic E-state index is 0.0706. The minimum Gasteiger partial charge on any atom is -0.454 e. The average molecular weight is 471 g/mol. The Labute approximate surface area is 204 Å². The Morgan fingerprint density at radius 2 is 1.97 bits per heavy atom. The van der Waals surface area contributed by atoms with E-state index in [0.29, 0.717) is 34.9 Å². The van der Waals surface area contributed by atoms with Gasteiger partial charge in [-0.2, -0.15) is 5.10 Å². The van der Waals surface area contributed by atoms with Gasteiger partial charge in [0.05, 0.1) is 17.5 Å². The van der Waals surface area contributed by atoms with Crippen molar-refractivity contribution in [3.63, 3.8) is 0 Å². The summed E-state index contributed by atoms with van der Waals surface area (Å²) in [5, 5.41) is 5.64. The van der Waals surface area contributed by atoms with Crippen LogP contribution >= 0.6 is 0 Å². The normalized spacial score (nSPS) is 18.1. The number of likely N-dealkylation sites (tertiary alicyclic amines) is 1. The first-order valence-corrected chi connectivity index (χ1v) is 12.6. The lowest BCUT2D eigenvalue weighted by Gasteiger charge is -2.26. The minimum absolute atomic E-state index is 0.0706. The van der Waals surface area contributed by atoms with Crippen LogP contribution in [0.5, 0.6) is 0 Å². The van der Waals surface area contributed by atoms with Crippen LogP contribution in [0.1, 0.15) is 55.1 Å². The number of carbonyl (C=O) groups excluding carboxylic acids is 1. The van der Waals surface area contributed by atoms with E-state index in [4.69, 9.17) is 9.40 Å². The third kappa shape index (κ3) is 4.01. The Kier molecular flexibility index (Phi) is 5.60. The zero-order valence-corrected chi connectivity index (χ0v) is 20.2. The Balaban J connectivity index is 1.31. The molecule has 4 aromatic rings. The molecule has 0 unspecified atom stereocenters. The molecular weight excluding hydrogens is 440 g/mol. The quantitative estimate of drug-likeness (QED) is 0.395. The SMILES string of the molecule is CCN(CC)[C@@H]1CCN(C(=O)c2cnn(-c3nccc(-c4cc5ccccc5o4)n3)c2C2CC2)C1. The van der Waals surface area contributed by atoms with Gasteiger partial charge in [-0.05, 0) is 50.6 Å². The molecule has 2 aliphatic rings. The van der Waals surface area contributed by atoms with E-state index < -0.39 is 0 Å². The number of furan rings is 1. The molecule has 3 aromatic heterocycles. The van der Waals surface area contributed by atoms with Crippen LogP contribution in [-0.4, -0.2) is 67.7 Å². The molecule has 0 spiro atoms. The number of nitrogens with zero attached hydrogens (tertiary/aromatic N) is 6. The van der Waals surface area contributed by atoms with Gasteiger partial charge in [0.25, 0.3) is 11.9 Å². The Hall–Kier alpha value is -3.52. The van der Waals surface area contributed by atoms with Crippen LogP contribution in [-0.2, 0) is 0 Å². The second-order valence-electron chi connectivity index (χ2n) is 9.43. The number of aromatic nitrogens is 4. The summed E-state index contributed by atoms with van der Waals surface area (Å²) in [5.74, 6) is 1.54. The zero-order chi connectivity index (χ0) is 23.9. The summed E-state index contributed by atoms with van der Waals surface area (Å²) in [6, 6.07) is 12.2. The number of hydrogen-bond donors (Lipinski definition) is 0. The summed E-state index contributed by atoms with van der Waals surface area (Å²) in [6.07, 6.45) is 6.55. The van der Waals surface area contributed by atoms with Gasteiger partial charge in [0, 0.05) is 36.6 Å². The van der Waals surface area contributed by atoms with E-state index in [1.54, 1.807) is 17.1 Å². The van der Waals surface area contributed by atoms with E-state index in [1.165, 1.54) is 0 Å². The van der Waals surface area contributed by atoms with Crippen LogP contribution in [0.15, 0.2) is 53.2 Å². The highest BCUT2D eigenvalue weighted by atomic mass is 16.3. The van der Waals surface area contributed by atoms with E-state index in [0.717, 1.165) is 62.1 Å². The lowest BCUT2D eigenvalue weighted by Crippen LogP contribution is -2.38. The van der Waals surface area contributed by atoms with Crippen molar-refractivity contribution < 1.29 is 9.21 Å². The van der Waals surface area contributed by atoms with Crippen LogP contribution in [0.25, 0.3) is 28.4 Å². The third-order valence-electron chi connectivity index (χ3n) is 7.29. The summed E-state index contributed by atoms with van der Waals surface area (Å²) in [6.45, 7) is 7.94. The Morgan fingerprint density at radius 1 is 1.14 bits per heavy atom. The number of amides is 1. The number of hydrogen-bond acceptors (Lipinski definition) is 6. The van der Waals surface area contributed by atoms with Crippen molar-refractivity contribution in [2.24, 2.45) is 0 Å². The van der Waals surface area contributed by atoms with Crippen LogP contribution in [0.2, 0.25) is 0 Å². The van der Waals surface area contributed by atoms with Gasteiger partial charge >= 0.3 is 0 Å². The molecule has 8 nitrogen and oxygen atoms in total. The maximum absolute atomic E-state index is 13.6. The smallest absolute Gasteiger partial charge is 0.257 e. The molecule has 1 aromatic carbocycles. The van der Waals surface area contributed by atoms with Gasteiger partial charge in [-0.25, -0.2) is 14.6 Å². The molecule has 1 saturated heterocycles. The van der Waals surface area contributed by atoms with E-state index in [-0.39, 0.29) is 5.91 Å². The molecule has 1 aliphatic carbocycles. The zero-order valence-electron chi connectivity index (χ0n) is 20.2. The van der Waals surface area contributed by atoms with Crippen molar-refractivity contribution in [3.05, 3.63) is 60.0 Å². The van der Waals surface area contributed by atoms with E-state index in [2.05, 4.69) is 28.8 Å². The molecular formula is C27H30N6O2. The summed E-state index contributed by atoms with van der Waals surface area (Å²) in [5.41, 5.74) is 3.13. The molecule has 180 valence electrons. The summed E-state index contributed by atoms with van der Waals surface area (Å²) in [4.78, 5) is 27.3. The van der Waals surface area contributed by atoms with Gasteiger partial charge in [0.1, 0.15) is 11.3 Å². The van der Waals surface area contributed by atoms with Gasteiger partial charge < -0.3 is 9.32 Å². The first kappa shape index (κ1) is 22.0. The molecule has 0 N–H and O–H groups in total. The molecule has 8 heteroatoms. The van der Waals surface area contributed by atoms with Gasteiger partial charge in [0.15, 0.2) is 5.76 Å². The van der Waals surface area contributed by atoms with E-state index in [9.17, 15) is 4.79 Å². The predicted octanol–water partition coefficient (Wildman–Crippen LogP) is 4.51. The topological polar surface area (TPSA) is 80.3 Å². The van der Waals surface area contributed by atoms with E-state index in [1.807, 2.05) is 41.3 Å². The fourth-order valence-corrected chi connectivity index (χ4v) is 5.26. The van der Waals surface area contributed by atoms with Crippen LogP contribution < -0.4 is 0 Å². The number of para-hydroxylation sites is 1. The number of carbonyl (C=O) groups is 1. The highest BCUT2D eigenvalue weighted by Crippen LogP contribution is 2.42. The maximum atomic E-state index is 13.6. The van der Waals surface area contributed by atoms with Gasteiger partial charge in [-0.3, -0.25) is 9.69 Å². The molecule has 1 aliphatic heterocycles. The van der Waals surface area contributed by atoms with Crippen molar-refractivity contribution >= 4 is 16.9 Å². The largest absolute Gasteiger partial charge is 0.454 e. The first-order valence-electron chi connectivity index (χ1n) is 12.6. The fourth-order valence-electron chi connectivity index (χ4n) is 5.26. The van der Waals surface area contributed by atoms with Crippen molar-refractivity contribution in [2.45, 2.75) is 45.1 Å². The van der Waals surface area contributed by atoms with Crippen molar-refractivity contribution in [1.29, 1.82) is 0 Å². The number of benzene rings is 1. The summed E-state index contributed by atoms with van der Waals surface area (Å²) in [7, 11) is 0. The molecule has 1 atom stereocenters. The van der Waals surface area contributed by atoms with Gasteiger partial charge in [0.2, 0.25) is 0 Å². The Morgan fingerprint density at radius 3 is 2.74 bits per heavy atom. The third-order valence-corrected chi connectivity index (χ3v) is 7.29. The molecule has 1 saturated carbocycles. The molecule has 35 heavy (non-hydrogen) atoms. The molecule has 6 rings (SSSR count). The summed E-state index contributed by atoms with van der Waals surface area (Å²) < 4.78 is 7.77. The second kappa shape index (κ2) is 8.92. The molecule has 2 fully saturated rings. The first-order chi connectivity index (χ1) is 17.2. The number of fused-ring (bicyclic) bond motifs is 1. The number of likely N-dealkylation sites (N-methyl/N-ethyl adjacent to an activating group) is 1. The lowest BCUT2D eigenvalue weighted by molar-refractivity contribution is 0.0776. The van der Waals surface area contributed by atoms with E-state index >= 15 is 0 Å². The molecule has 1 amide bonds. The maximum Gasteiger partial charge on any atom is 0.257 e. The molecule has 4 heterocycles. The average Bonchev–Trinajstić information content (AvgIpc) is 3.28. The van der Waals surface area contributed by atoms with Crippen LogP contribution in [0.3, 0.4) is 0 Å². The summed E-state index contributed by atoms with van der Waals surface area (Å²) >= 11 is 0. The Bertz CT molecular complexity index is 1330. The van der Waals surface area contributed by atoms with Crippen LogP contribution in [0, 0.1) is 0 Å². The van der Waals surface area contributed by atoms with Crippen molar-refractivity contribution in [1.82, 2.24) is 29.5 Å². The molecule has 0 bridgehead atoms. The monoisotopic (exact) mass is 470 g/mol. The van der Waals surface area contributed by atoms with Crippen LogP contribution in [0.4, 0.5) is 0 Å². The van der Waals surface area contributed by atoms with Gasteiger partial charge in [-0.1, -0.05) is 32.0 Å². The predicted molar refractivity (Wildman–Crippen MR) is 134 cm³/mol. The molecule has 0 radical (unpaired) electrons. The van der Waals surface area contributed by atoms with Crippen molar-refractivity contribution in [3.8, 4) is 17.4 Å². The number of rotatable bonds is 7. The lowest BCUT2D eigenvalue weighted by atomic mass is 10.1. The fraction of sp³-hybridized carbons (Fsp3) is 0.407. The highest BCUT2D eigenvalue weighted by Gasteiger charge is 2.37.